The van der Waals surface area contributed by atoms with Gasteiger partial charge in [0.05, 0.1) is 5.60 Å². The monoisotopic (exact) mass is 255 g/mol. The zero-order valence-electron chi connectivity index (χ0n) is 11.4. The lowest BCUT2D eigenvalue weighted by Gasteiger charge is -2.42. The van der Waals surface area contributed by atoms with Crippen LogP contribution in [0.5, 0.6) is 0 Å². The summed E-state index contributed by atoms with van der Waals surface area (Å²) < 4.78 is 5.56. The van der Waals surface area contributed by atoms with Crippen molar-refractivity contribution in [2.75, 3.05) is 26.7 Å². The first kappa shape index (κ1) is 13.8. The normalized spacial score (nSPS) is 33.1. The van der Waals surface area contributed by atoms with E-state index >= 15 is 0 Å². The largest absolute Gasteiger partial charge is 0.377 e. The minimum Gasteiger partial charge on any atom is -0.377 e. The number of carbonyl (C=O) groups is 1. The second-order valence-electron chi connectivity index (χ2n) is 6.15. The summed E-state index contributed by atoms with van der Waals surface area (Å²) in [7, 11) is 1.74. The Kier molecular flexibility index (Phi) is 3.67. The summed E-state index contributed by atoms with van der Waals surface area (Å²) in [5, 5.41) is 0. The van der Waals surface area contributed by atoms with Crippen molar-refractivity contribution in [3.8, 4) is 0 Å². The maximum Gasteiger partial charge on any atom is 0.239 e. The molecule has 0 radical (unpaired) electrons. The number of nitrogens with zero attached hydrogens (tertiary/aromatic N) is 1. The lowest BCUT2D eigenvalue weighted by atomic mass is 9.89. The molecule has 2 rings (SSSR count). The average Bonchev–Trinajstić information content (AvgIpc) is 3.13. The van der Waals surface area contributed by atoms with E-state index in [1.165, 1.54) is 0 Å². The van der Waals surface area contributed by atoms with Crippen LogP contribution in [-0.2, 0) is 9.53 Å². The van der Waals surface area contributed by atoms with E-state index in [9.17, 15) is 4.79 Å². The van der Waals surface area contributed by atoms with Gasteiger partial charge in [0.25, 0.3) is 0 Å². The van der Waals surface area contributed by atoms with Crippen LogP contribution in [0.1, 0.15) is 32.6 Å². The first-order valence-electron chi connectivity index (χ1n) is 6.76. The molecule has 1 saturated carbocycles. The maximum atomic E-state index is 11.6. The highest BCUT2D eigenvalue weighted by molar-refractivity contribution is 5.85. The molecule has 0 aromatic rings. The number of piperidine rings is 1. The van der Waals surface area contributed by atoms with Gasteiger partial charge in [0.15, 0.2) is 0 Å². The topological polar surface area (TPSA) is 81.6 Å². The summed E-state index contributed by atoms with van der Waals surface area (Å²) >= 11 is 0. The fraction of sp³-hybridized carbons (Fsp3) is 0.923. The summed E-state index contributed by atoms with van der Waals surface area (Å²) in [6.45, 7) is 4.46. The predicted molar refractivity (Wildman–Crippen MR) is 69.9 cm³/mol. The standard InChI is InChI=1S/C13H25N3O2/c1-12(18-2)6-3-7-16(8-12)9-13(15,11(14)17)10-4-5-10/h10H,3-9,15H2,1-2H3,(H2,14,17). The Morgan fingerprint density at radius 3 is 2.72 bits per heavy atom. The van der Waals surface area contributed by atoms with E-state index < -0.39 is 5.54 Å². The summed E-state index contributed by atoms with van der Waals surface area (Å²) in [5.41, 5.74) is 10.8. The van der Waals surface area contributed by atoms with Gasteiger partial charge in [-0.05, 0) is 45.1 Å². The maximum absolute atomic E-state index is 11.6. The highest BCUT2D eigenvalue weighted by atomic mass is 16.5. The molecule has 1 amide bonds. The average molecular weight is 255 g/mol. The Morgan fingerprint density at radius 1 is 1.56 bits per heavy atom. The Hall–Kier alpha value is -0.650. The first-order valence-corrected chi connectivity index (χ1v) is 6.76. The smallest absolute Gasteiger partial charge is 0.239 e. The molecule has 1 aliphatic heterocycles. The molecular formula is C13H25N3O2. The van der Waals surface area contributed by atoms with Crippen LogP contribution in [0.3, 0.4) is 0 Å². The van der Waals surface area contributed by atoms with Crippen molar-refractivity contribution in [3.05, 3.63) is 0 Å². The second kappa shape index (κ2) is 4.79. The minimum absolute atomic E-state index is 0.125. The van der Waals surface area contributed by atoms with E-state index in [0.29, 0.717) is 6.54 Å². The molecule has 0 aromatic carbocycles. The first-order chi connectivity index (χ1) is 8.39. The highest BCUT2D eigenvalue weighted by Gasteiger charge is 2.48. The summed E-state index contributed by atoms with van der Waals surface area (Å²) in [6, 6.07) is 0. The van der Waals surface area contributed by atoms with E-state index in [-0.39, 0.29) is 17.4 Å². The number of hydrogen-bond acceptors (Lipinski definition) is 4. The third-order valence-corrected chi connectivity index (χ3v) is 4.48. The van der Waals surface area contributed by atoms with Gasteiger partial charge in [-0.1, -0.05) is 0 Å². The van der Waals surface area contributed by atoms with E-state index in [2.05, 4.69) is 11.8 Å². The molecule has 1 heterocycles. The SMILES string of the molecule is COC1(C)CCCN(CC(N)(C(N)=O)C2CC2)C1. The zero-order valence-corrected chi connectivity index (χ0v) is 11.4. The second-order valence-corrected chi connectivity index (χ2v) is 6.15. The summed E-state index contributed by atoms with van der Waals surface area (Å²) in [6.07, 6.45) is 4.17. The van der Waals surface area contributed by atoms with Crippen LogP contribution < -0.4 is 11.5 Å². The van der Waals surface area contributed by atoms with Gasteiger partial charge in [0.2, 0.25) is 5.91 Å². The van der Waals surface area contributed by atoms with Crippen LogP contribution in [-0.4, -0.2) is 48.7 Å². The van der Waals surface area contributed by atoms with Crippen LogP contribution in [0.25, 0.3) is 0 Å². The molecule has 4 N–H and O–H groups in total. The van der Waals surface area contributed by atoms with Gasteiger partial charge < -0.3 is 16.2 Å². The molecule has 2 fully saturated rings. The van der Waals surface area contributed by atoms with Crippen molar-refractivity contribution >= 4 is 5.91 Å². The van der Waals surface area contributed by atoms with Crippen molar-refractivity contribution in [1.29, 1.82) is 0 Å². The third kappa shape index (κ3) is 2.68. The Bertz CT molecular complexity index is 332. The highest BCUT2D eigenvalue weighted by Crippen LogP contribution is 2.39. The number of methoxy groups -OCH3 is 1. The van der Waals surface area contributed by atoms with Crippen molar-refractivity contribution in [3.63, 3.8) is 0 Å². The molecule has 0 bridgehead atoms. The number of likely N-dealkylation sites (tertiary alicyclic amines) is 1. The molecule has 0 aromatic heterocycles. The van der Waals surface area contributed by atoms with Gasteiger partial charge in [0, 0.05) is 20.2 Å². The van der Waals surface area contributed by atoms with Crippen LogP contribution in [0.15, 0.2) is 0 Å². The number of ether oxygens (including phenoxy) is 1. The summed E-state index contributed by atoms with van der Waals surface area (Å²) in [4.78, 5) is 13.9. The third-order valence-electron chi connectivity index (χ3n) is 4.48. The van der Waals surface area contributed by atoms with Crippen molar-refractivity contribution in [1.82, 2.24) is 4.90 Å². The molecule has 1 saturated heterocycles. The molecule has 104 valence electrons. The van der Waals surface area contributed by atoms with Crippen LogP contribution in [0.4, 0.5) is 0 Å². The molecular weight excluding hydrogens is 230 g/mol. The fourth-order valence-corrected chi connectivity index (χ4v) is 2.99. The molecule has 18 heavy (non-hydrogen) atoms. The van der Waals surface area contributed by atoms with Gasteiger partial charge in [-0.25, -0.2) is 0 Å². The molecule has 5 nitrogen and oxygen atoms in total. The number of carbonyl (C=O) groups excluding carboxylic acids is 1. The number of nitrogens with two attached hydrogens (primary N) is 2. The molecule has 2 atom stereocenters. The fourth-order valence-electron chi connectivity index (χ4n) is 2.99. The van der Waals surface area contributed by atoms with Gasteiger partial charge >= 0.3 is 0 Å². The number of rotatable bonds is 5. The van der Waals surface area contributed by atoms with Gasteiger partial charge in [-0.2, -0.15) is 0 Å². The van der Waals surface area contributed by atoms with Gasteiger partial charge in [0.1, 0.15) is 5.54 Å². The number of primary amides is 1. The van der Waals surface area contributed by atoms with E-state index in [4.69, 9.17) is 16.2 Å². The Balaban J connectivity index is 2.01. The van der Waals surface area contributed by atoms with Crippen LogP contribution >= 0.6 is 0 Å². The quantitative estimate of drug-likeness (QED) is 0.729. The molecule has 2 unspecified atom stereocenters. The summed E-state index contributed by atoms with van der Waals surface area (Å²) in [5.74, 6) is -0.0968. The van der Waals surface area contributed by atoms with Crippen LogP contribution in [0, 0.1) is 5.92 Å². The zero-order chi connectivity index (χ0) is 13.4. The molecule has 0 spiro atoms. The molecule has 1 aliphatic carbocycles. The lowest BCUT2D eigenvalue weighted by Crippen LogP contribution is -2.63. The van der Waals surface area contributed by atoms with Gasteiger partial charge in [-0.15, -0.1) is 0 Å². The minimum atomic E-state index is -0.855. The van der Waals surface area contributed by atoms with Crippen LogP contribution in [0.2, 0.25) is 0 Å². The van der Waals surface area contributed by atoms with E-state index in [1.54, 1.807) is 7.11 Å². The Labute approximate surface area is 109 Å². The van der Waals surface area contributed by atoms with Gasteiger partial charge in [-0.3, -0.25) is 9.69 Å². The van der Waals surface area contributed by atoms with Crippen molar-refractivity contribution < 1.29 is 9.53 Å². The molecule has 5 heteroatoms. The lowest BCUT2D eigenvalue weighted by molar-refractivity contribution is -0.126. The van der Waals surface area contributed by atoms with E-state index in [1.807, 2.05) is 0 Å². The number of amides is 1. The molecule has 2 aliphatic rings. The van der Waals surface area contributed by atoms with Crippen molar-refractivity contribution in [2.24, 2.45) is 17.4 Å². The van der Waals surface area contributed by atoms with E-state index in [0.717, 1.165) is 38.8 Å². The number of hydrogen-bond donors (Lipinski definition) is 2. The van der Waals surface area contributed by atoms with Crippen molar-refractivity contribution in [2.45, 2.75) is 43.7 Å². The predicted octanol–water partition coefficient (Wildman–Crippen LogP) is 0.0801. The Morgan fingerprint density at radius 2 is 2.22 bits per heavy atom.